The first kappa shape index (κ1) is 16.3. The summed E-state index contributed by atoms with van der Waals surface area (Å²) >= 11 is 19.5. The molecule has 0 amide bonds. The number of likely N-dealkylation sites (N-methyl/N-ethyl adjacent to an activating group) is 1. The summed E-state index contributed by atoms with van der Waals surface area (Å²) in [4.78, 5) is 0. The highest BCUT2D eigenvalue weighted by atomic mass is 79.9. The smallest absolute Gasteiger partial charge is 0.0624 e. The molecule has 2 aromatic rings. The second-order valence-electron chi connectivity index (χ2n) is 4.42. The van der Waals surface area contributed by atoms with Crippen molar-refractivity contribution >= 4 is 55.1 Å². The Morgan fingerprint density at radius 2 is 1.90 bits per heavy atom. The van der Waals surface area contributed by atoms with E-state index in [4.69, 9.17) is 23.2 Å². The zero-order valence-electron chi connectivity index (χ0n) is 10.8. The Kier molecular flexibility index (Phi) is 5.94. The van der Waals surface area contributed by atoms with Gasteiger partial charge in [-0.15, -0.1) is 0 Å². The maximum Gasteiger partial charge on any atom is 0.0624 e. The number of halogens is 4. The second kappa shape index (κ2) is 7.28. The fourth-order valence-electron chi connectivity index (χ4n) is 2.08. The third-order valence-electron chi connectivity index (χ3n) is 3.14. The van der Waals surface area contributed by atoms with E-state index in [9.17, 15) is 0 Å². The molecular weight excluding hydrogens is 425 g/mol. The molecule has 2 aromatic carbocycles. The third-order valence-corrected chi connectivity index (χ3v) is 5.21. The van der Waals surface area contributed by atoms with Gasteiger partial charge in [-0.25, -0.2) is 0 Å². The van der Waals surface area contributed by atoms with Gasteiger partial charge < -0.3 is 5.32 Å². The minimum Gasteiger partial charge on any atom is -0.313 e. The van der Waals surface area contributed by atoms with Gasteiger partial charge >= 0.3 is 0 Å². The lowest BCUT2D eigenvalue weighted by molar-refractivity contribution is 0.589. The van der Waals surface area contributed by atoms with Gasteiger partial charge in [-0.2, -0.15) is 0 Å². The molecule has 0 aliphatic heterocycles. The lowest BCUT2D eigenvalue weighted by Crippen LogP contribution is -2.19. The molecule has 5 heteroatoms. The summed E-state index contributed by atoms with van der Waals surface area (Å²) in [7, 11) is 1.94. The van der Waals surface area contributed by atoms with Gasteiger partial charge in [0.1, 0.15) is 0 Å². The van der Waals surface area contributed by atoms with Crippen LogP contribution in [-0.2, 0) is 6.42 Å². The predicted molar refractivity (Wildman–Crippen MR) is 93.8 cm³/mol. The van der Waals surface area contributed by atoms with E-state index in [1.165, 1.54) is 5.56 Å². The molecule has 0 radical (unpaired) electrons. The summed E-state index contributed by atoms with van der Waals surface area (Å²) in [6.45, 7) is 0. The lowest BCUT2D eigenvalue weighted by atomic mass is 9.99. The minimum atomic E-state index is 0.151. The van der Waals surface area contributed by atoms with Crippen LogP contribution in [0.25, 0.3) is 0 Å². The van der Waals surface area contributed by atoms with Gasteiger partial charge in [0.2, 0.25) is 0 Å². The van der Waals surface area contributed by atoms with Gasteiger partial charge in [0.05, 0.1) is 10.0 Å². The molecule has 0 bridgehead atoms. The quantitative estimate of drug-likeness (QED) is 0.616. The summed E-state index contributed by atoms with van der Waals surface area (Å²) in [6, 6.07) is 12.0. The maximum atomic E-state index is 6.27. The van der Waals surface area contributed by atoms with Crippen molar-refractivity contribution in [1.29, 1.82) is 0 Å². The van der Waals surface area contributed by atoms with Gasteiger partial charge in [-0.05, 0) is 48.9 Å². The van der Waals surface area contributed by atoms with Gasteiger partial charge in [-0.1, -0.05) is 67.2 Å². The van der Waals surface area contributed by atoms with Gasteiger partial charge in [-0.3, -0.25) is 0 Å². The zero-order valence-corrected chi connectivity index (χ0v) is 15.4. The average Bonchev–Trinajstić information content (AvgIpc) is 2.43. The molecule has 106 valence electrons. The van der Waals surface area contributed by atoms with Crippen LogP contribution in [-0.4, -0.2) is 7.05 Å². The third kappa shape index (κ3) is 3.77. The molecule has 0 saturated carbocycles. The number of nitrogens with one attached hydrogen (secondary N) is 1. The van der Waals surface area contributed by atoms with Crippen LogP contribution < -0.4 is 5.32 Å². The maximum absolute atomic E-state index is 6.27. The van der Waals surface area contributed by atoms with Crippen LogP contribution >= 0.6 is 55.1 Å². The van der Waals surface area contributed by atoms with E-state index >= 15 is 0 Å². The van der Waals surface area contributed by atoms with Crippen LogP contribution in [0.4, 0.5) is 0 Å². The van der Waals surface area contributed by atoms with Crippen LogP contribution in [0.15, 0.2) is 45.3 Å². The Hall–Kier alpha value is -0.0600. The van der Waals surface area contributed by atoms with Crippen molar-refractivity contribution in [2.75, 3.05) is 7.05 Å². The van der Waals surface area contributed by atoms with Crippen molar-refractivity contribution in [3.63, 3.8) is 0 Å². The predicted octanol–water partition coefficient (Wildman–Crippen LogP) is 6.02. The fraction of sp³-hybridized carbons (Fsp3) is 0.200. The van der Waals surface area contributed by atoms with E-state index in [-0.39, 0.29) is 6.04 Å². The number of benzene rings is 2. The molecule has 0 aromatic heterocycles. The van der Waals surface area contributed by atoms with E-state index in [0.29, 0.717) is 10.0 Å². The van der Waals surface area contributed by atoms with Crippen molar-refractivity contribution in [1.82, 2.24) is 5.32 Å². The van der Waals surface area contributed by atoms with E-state index < -0.39 is 0 Å². The normalized spacial score (nSPS) is 12.4. The van der Waals surface area contributed by atoms with Crippen molar-refractivity contribution in [3.8, 4) is 0 Å². The van der Waals surface area contributed by atoms with Crippen molar-refractivity contribution < 1.29 is 0 Å². The first-order chi connectivity index (χ1) is 9.52. The van der Waals surface area contributed by atoms with Crippen molar-refractivity contribution in [2.45, 2.75) is 12.5 Å². The molecule has 0 saturated heterocycles. The number of hydrogen-bond donors (Lipinski definition) is 1. The van der Waals surface area contributed by atoms with Crippen LogP contribution in [0.2, 0.25) is 10.0 Å². The van der Waals surface area contributed by atoms with E-state index in [2.05, 4.69) is 43.2 Å². The van der Waals surface area contributed by atoms with Crippen LogP contribution in [0.3, 0.4) is 0 Å². The number of hydrogen-bond acceptors (Lipinski definition) is 1. The monoisotopic (exact) mass is 435 g/mol. The topological polar surface area (TPSA) is 12.0 Å². The van der Waals surface area contributed by atoms with E-state index in [0.717, 1.165) is 20.9 Å². The molecular formula is C15H13Br2Cl2N. The van der Waals surface area contributed by atoms with Crippen LogP contribution in [0.5, 0.6) is 0 Å². The summed E-state index contributed by atoms with van der Waals surface area (Å²) < 4.78 is 2.12. The van der Waals surface area contributed by atoms with Gasteiger partial charge in [0, 0.05) is 15.0 Å². The zero-order chi connectivity index (χ0) is 14.7. The first-order valence-corrected chi connectivity index (χ1v) is 8.42. The van der Waals surface area contributed by atoms with E-state index in [1.807, 2.05) is 31.3 Å². The molecule has 1 atom stereocenters. The molecule has 0 aliphatic rings. The van der Waals surface area contributed by atoms with Crippen molar-refractivity contribution in [3.05, 3.63) is 66.5 Å². The minimum absolute atomic E-state index is 0.151. The van der Waals surface area contributed by atoms with Crippen molar-refractivity contribution in [2.24, 2.45) is 0 Å². The first-order valence-electron chi connectivity index (χ1n) is 6.08. The summed E-state index contributed by atoms with van der Waals surface area (Å²) in [6.07, 6.45) is 0.769. The Morgan fingerprint density at radius 1 is 1.15 bits per heavy atom. The standard InChI is InChI=1S/C15H13Br2Cl2N/c1-20-14(11-8-10(16)5-6-12(11)17)7-9-3-2-4-13(18)15(9)19/h2-6,8,14,20H,7H2,1H3. The fourth-order valence-corrected chi connectivity index (χ4v) is 3.37. The Labute approximate surface area is 145 Å². The molecule has 20 heavy (non-hydrogen) atoms. The van der Waals surface area contributed by atoms with Gasteiger partial charge in [0.25, 0.3) is 0 Å². The summed E-state index contributed by atoms with van der Waals surface area (Å²) in [5, 5.41) is 4.54. The van der Waals surface area contributed by atoms with Gasteiger partial charge in [0.15, 0.2) is 0 Å². The highest BCUT2D eigenvalue weighted by Gasteiger charge is 2.16. The Morgan fingerprint density at radius 3 is 2.60 bits per heavy atom. The van der Waals surface area contributed by atoms with Crippen LogP contribution in [0.1, 0.15) is 17.2 Å². The molecule has 2 rings (SSSR count). The number of rotatable bonds is 4. The highest BCUT2D eigenvalue weighted by molar-refractivity contribution is 9.11. The largest absolute Gasteiger partial charge is 0.313 e. The second-order valence-corrected chi connectivity index (χ2v) is 6.98. The molecule has 0 fully saturated rings. The molecule has 0 aliphatic carbocycles. The Balaban J connectivity index is 2.34. The highest BCUT2D eigenvalue weighted by Crippen LogP contribution is 2.32. The molecule has 1 unspecified atom stereocenters. The lowest BCUT2D eigenvalue weighted by Gasteiger charge is -2.19. The van der Waals surface area contributed by atoms with Crippen LogP contribution in [0, 0.1) is 0 Å². The molecule has 1 N–H and O–H groups in total. The SMILES string of the molecule is CNC(Cc1cccc(Cl)c1Cl)c1cc(Br)ccc1Br. The summed E-state index contributed by atoms with van der Waals surface area (Å²) in [5.41, 5.74) is 2.21. The summed E-state index contributed by atoms with van der Waals surface area (Å²) in [5.74, 6) is 0. The molecule has 0 heterocycles. The Bertz CT molecular complexity index is 617. The molecule has 1 nitrogen and oxygen atoms in total. The van der Waals surface area contributed by atoms with E-state index in [1.54, 1.807) is 6.07 Å². The molecule has 0 spiro atoms. The average molecular weight is 438 g/mol.